The Bertz CT molecular complexity index is 23.6. The molecule has 0 aliphatic carbocycles. The summed E-state index contributed by atoms with van der Waals surface area (Å²) < 4.78 is 0. The third-order valence-corrected chi connectivity index (χ3v) is 7.51. The molecule has 0 unspecified atom stereocenters. The molecule has 0 atom stereocenters. The Morgan fingerprint density at radius 2 is 1.80 bits per heavy atom. The first-order chi connectivity index (χ1) is 2.27. The van der Waals surface area contributed by atoms with Crippen LogP contribution in [0.15, 0.2) is 0 Å². The van der Waals surface area contributed by atoms with Crippen LogP contribution < -0.4 is 0 Å². The second kappa shape index (κ2) is 3.57. The van der Waals surface area contributed by atoms with Gasteiger partial charge in [0.25, 0.3) is 0 Å². The number of hydrogen-bond donors (Lipinski definition) is 1. The van der Waals surface area contributed by atoms with Crippen LogP contribution in [0.3, 0.4) is 0 Å². The molecule has 0 saturated carbocycles. The van der Waals surface area contributed by atoms with Crippen LogP contribution >= 0.6 is 17.5 Å². The van der Waals surface area contributed by atoms with Gasteiger partial charge in [-0.2, -0.15) is 0 Å². The Morgan fingerprint density at radius 3 is 1.80 bits per heavy atom. The van der Waals surface area contributed by atoms with E-state index in [2.05, 4.69) is 12.5 Å². The summed E-state index contributed by atoms with van der Waals surface area (Å²) in [6, 6.07) is 0. The van der Waals surface area contributed by atoms with E-state index in [0.717, 1.165) is 0 Å². The molecule has 0 aromatic carbocycles. The van der Waals surface area contributed by atoms with Crippen molar-refractivity contribution < 1.29 is 17.3 Å². The fourth-order valence-electron chi connectivity index (χ4n) is 0. The minimum atomic E-state index is 0.173. The van der Waals surface area contributed by atoms with Crippen LogP contribution in [-0.4, -0.2) is 12.5 Å². The molecule has 0 nitrogen and oxygen atoms in total. The van der Waals surface area contributed by atoms with E-state index in [1.165, 1.54) is 0 Å². The first-order valence-electron chi connectivity index (χ1n) is 1.14. The molecule has 0 saturated heterocycles. The van der Waals surface area contributed by atoms with Crippen LogP contribution in [0, 0.1) is 0 Å². The second-order valence-electron chi connectivity index (χ2n) is 0.768. The third-order valence-electron chi connectivity index (χ3n) is 0.102. The van der Waals surface area contributed by atoms with Crippen molar-refractivity contribution in [2.75, 3.05) is 12.5 Å². The van der Waals surface area contributed by atoms with E-state index in [9.17, 15) is 0 Å². The van der Waals surface area contributed by atoms with E-state index >= 15 is 0 Å². The van der Waals surface area contributed by atoms with Crippen molar-refractivity contribution in [3.8, 4) is 0 Å². The molecule has 0 rings (SSSR count). The Hall–Kier alpha value is 1.38. The molecular formula is C2H7AuClS. The van der Waals surface area contributed by atoms with E-state index in [1.54, 1.807) is 0 Å². The van der Waals surface area contributed by atoms with Gasteiger partial charge in [0.05, 0.1) is 0 Å². The number of hydrogen-bond acceptors (Lipinski definition) is 0. The molecule has 0 heterocycles. The summed E-state index contributed by atoms with van der Waals surface area (Å²) in [7, 11) is 5.73. The summed E-state index contributed by atoms with van der Waals surface area (Å²) in [6.07, 6.45) is 4.40. The average molecular weight is 296 g/mol. The molecule has 0 amide bonds. The maximum atomic E-state index is 5.46. The Morgan fingerprint density at radius 1 is 1.60 bits per heavy atom. The van der Waals surface area contributed by atoms with E-state index < -0.39 is 0 Å². The van der Waals surface area contributed by atoms with Crippen LogP contribution in [0.2, 0.25) is 0 Å². The fourth-order valence-corrected chi connectivity index (χ4v) is 0. The molecular weight excluding hydrogens is 289 g/mol. The van der Waals surface area contributed by atoms with E-state index in [0.29, 0.717) is 0 Å². The van der Waals surface area contributed by atoms with Crippen LogP contribution in [0.4, 0.5) is 0 Å². The van der Waals surface area contributed by atoms with E-state index in [-0.39, 0.29) is 25.7 Å². The summed E-state index contributed by atoms with van der Waals surface area (Å²) in [4.78, 5) is 0. The van der Waals surface area contributed by atoms with Gasteiger partial charge in [0.2, 0.25) is 0 Å². The molecule has 0 aliphatic heterocycles. The van der Waals surface area contributed by atoms with Gasteiger partial charge in [0.1, 0.15) is 0 Å². The van der Waals surface area contributed by atoms with Gasteiger partial charge in [0.15, 0.2) is 0 Å². The van der Waals surface area contributed by atoms with Crippen molar-refractivity contribution in [1.29, 1.82) is 0 Å². The van der Waals surface area contributed by atoms with Crippen LogP contribution in [0.1, 0.15) is 0 Å². The Labute approximate surface area is 47.4 Å². The normalized spacial score (nSPS) is 12.2. The molecule has 0 bridgehead atoms. The minimum absolute atomic E-state index is 0.173. The molecule has 0 aromatic heterocycles. The summed E-state index contributed by atoms with van der Waals surface area (Å²) in [5, 5.41) is 0. The van der Waals surface area contributed by atoms with Crippen LogP contribution in [0.25, 0.3) is 0 Å². The number of halogens is 1. The molecule has 0 aliphatic rings. The van der Waals surface area contributed by atoms with Crippen molar-refractivity contribution in [1.82, 2.24) is 0 Å². The Balaban J connectivity index is 2.54. The first kappa shape index (κ1) is 6.38. The Kier molecular flexibility index (Phi) is 4.55. The van der Waals surface area contributed by atoms with Gasteiger partial charge in [0, 0.05) is 0 Å². The zero-order chi connectivity index (χ0) is 4.28. The topological polar surface area (TPSA) is 0 Å². The van der Waals surface area contributed by atoms with Crippen molar-refractivity contribution in [3.05, 3.63) is 0 Å². The number of rotatable bonds is 1. The van der Waals surface area contributed by atoms with Gasteiger partial charge < -0.3 is 0 Å². The predicted molar refractivity (Wildman–Crippen MR) is 26.7 cm³/mol. The molecule has 39 valence electrons. The standard InChI is InChI=1S/C2H6S.Au.ClH/c1-3-2;;/h1-2H3;;1H. The summed E-state index contributed by atoms with van der Waals surface area (Å²) in [5.41, 5.74) is 0. The van der Waals surface area contributed by atoms with Gasteiger partial charge in [-0.3, -0.25) is 0 Å². The molecule has 5 heavy (non-hydrogen) atoms. The van der Waals surface area contributed by atoms with Crippen molar-refractivity contribution in [2.45, 2.75) is 0 Å². The van der Waals surface area contributed by atoms with Crippen LogP contribution in [0.5, 0.6) is 0 Å². The van der Waals surface area contributed by atoms with Gasteiger partial charge in [-0.1, -0.05) is 0 Å². The van der Waals surface area contributed by atoms with Crippen LogP contribution in [-0.2, 0) is 17.3 Å². The van der Waals surface area contributed by atoms with Gasteiger partial charge in [-0.25, -0.2) is 0 Å². The summed E-state index contributed by atoms with van der Waals surface area (Å²) in [5.74, 6) is 0. The third kappa shape index (κ3) is 5.38. The molecule has 0 fully saturated rings. The predicted octanol–water partition coefficient (Wildman–Crippen LogP) is 1.40. The van der Waals surface area contributed by atoms with Crippen molar-refractivity contribution >= 4 is 17.5 Å². The summed E-state index contributed by atoms with van der Waals surface area (Å²) >= 11 is 0.173. The maximum absolute atomic E-state index is 5.46. The average Bonchev–Trinajstić information content (AvgIpc) is 1.38. The second-order valence-corrected chi connectivity index (χ2v) is 11.7. The monoisotopic (exact) mass is 295 g/mol. The van der Waals surface area contributed by atoms with E-state index in [1.807, 2.05) is 0 Å². The molecule has 3 heteroatoms. The molecule has 0 aromatic rings. The molecule has 0 radical (unpaired) electrons. The quantitative estimate of drug-likeness (QED) is 0.549. The van der Waals surface area contributed by atoms with Gasteiger partial charge >= 0.3 is 47.4 Å². The molecule has 0 spiro atoms. The van der Waals surface area contributed by atoms with E-state index in [4.69, 9.17) is 9.19 Å². The first-order valence-corrected chi connectivity index (χ1v) is 8.79. The van der Waals surface area contributed by atoms with Gasteiger partial charge in [-0.05, 0) is 0 Å². The fraction of sp³-hybridized carbons (Fsp3) is 1.00. The van der Waals surface area contributed by atoms with Crippen molar-refractivity contribution in [2.24, 2.45) is 0 Å². The van der Waals surface area contributed by atoms with Crippen molar-refractivity contribution in [3.63, 3.8) is 0 Å². The molecule has 0 N–H and O–H groups in total. The SMILES string of the molecule is C[SH](C)[Au][Cl]. The number of thiol groups is 1. The van der Waals surface area contributed by atoms with Gasteiger partial charge in [-0.15, -0.1) is 0 Å². The zero-order valence-corrected chi connectivity index (χ0v) is 6.94. The zero-order valence-electron chi connectivity index (χ0n) is 3.13. The summed E-state index contributed by atoms with van der Waals surface area (Å²) in [6.45, 7) is 0.